The van der Waals surface area contributed by atoms with Gasteiger partial charge in [0.25, 0.3) is 0 Å². The summed E-state index contributed by atoms with van der Waals surface area (Å²) in [6, 6.07) is 6.04. The minimum Gasteiger partial charge on any atom is -0.249 e. The third kappa shape index (κ3) is 2.77. The standard InChI is InChI=1S/C14H15Cl2N3/c15-12-7-6-10(8-13(12)16)14-9-19(18-17-14)11-4-2-1-3-5-11/h6-9,11H,1-5H2. The second kappa shape index (κ2) is 5.51. The van der Waals surface area contributed by atoms with Gasteiger partial charge < -0.3 is 0 Å². The van der Waals surface area contributed by atoms with E-state index in [0.29, 0.717) is 16.1 Å². The summed E-state index contributed by atoms with van der Waals surface area (Å²) >= 11 is 12.0. The van der Waals surface area contributed by atoms with Gasteiger partial charge in [0.2, 0.25) is 0 Å². The van der Waals surface area contributed by atoms with Crippen LogP contribution < -0.4 is 0 Å². The minimum absolute atomic E-state index is 0.498. The van der Waals surface area contributed by atoms with Gasteiger partial charge in [0.15, 0.2) is 0 Å². The van der Waals surface area contributed by atoms with Crippen LogP contribution in [0.25, 0.3) is 11.3 Å². The lowest BCUT2D eigenvalue weighted by Crippen LogP contribution is -2.13. The van der Waals surface area contributed by atoms with Gasteiger partial charge in [0.05, 0.1) is 22.3 Å². The van der Waals surface area contributed by atoms with E-state index in [-0.39, 0.29) is 0 Å². The van der Waals surface area contributed by atoms with Crippen LogP contribution in [0.15, 0.2) is 24.4 Å². The number of hydrogen-bond donors (Lipinski definition) is 0. The fraction of sp³-hybridized carbons (Fsp3) is 0.429. The molecule has 0 atom stereocenters. The second-order valence-corrected chi connectivity index (χ2v) is 5.82. The number of benzene rings is 1. The molecule has 1 saturated carbocycles. The summed E-state index contributed by atoms with van der Waals surface area (Å²) in [5.41, 5.74) is 1.81. The van der Waals surface area contributed by atoms with Crippen molar-refractivity contribution in [3.05, 3.63) is 34.4 Å². The average molecular weight is 296 g/mol. The summed E-state index contributed by atoms with van der Waals surface area (Å²) in [5.74, 6) is 0. The Balaban J connectivity index is 1.85. The molecule has 19 heavy (non-hydrogen) atoms. The van der Waals surface area contributed by atoms with Crippen molar-refractivity contribution in [2.24, 2.45) is 0 Å². The number of rotatable bonds is 2. The zero-order chi connectivity index (χ0) is 13.2. The van der Waals surface area contributed by atoms with E-state index >= 15 is 0 Å². The Kier molecular flexibility index (Phi) is 3.76. The number of halogens is 2. The van der Waals surface area contributed by atoms with Crippen LogP contribution in [0.3, 0.4) is 0 Å². The van der Waals surface area contributed by atoms with E-state index < -0.39 is 0 Å². The first kappa shape index (κ1) is 12.9. The van der Waals surface area contributed by atoms with Crippen molar-refractivity contribution in [2.45, 2.75) is 38.1 Å². The molecule has 100 valence electrons. The molecule has 1 aromatic heterocycles. The molecule has 0 N–H and O–H groups in total. The quantitative estimate of drug-likeness (QED) is 0.800. The highest BCUT2D eigenvalue weighted by atomic mass is 35.5. The first-order chi connectivity index (χ1) is 9.24. The van der Waals surface area contributed by atoms with Crippen LogP contribution in [-0.4, -0.2) is 15.0 Å². The van der Waals surface area contributed by atoms with Crippen LogP contribution in [0.5, 0.6) is 0 Å². The van der Waals surface area contributed by atoms with E-state index in [9.17, 15) is 0 Å². The van der Waals surface area contributed by atoms with Crippen LogP contribution in [0.4, 0.5) is 0 Å². The predicted octanol–water partition coefficient (Wildman–Crippen LogP) is 4.76. The molecule has 2 aromatic rings. The summed E-state index contributed by atoms with van der Waals surface area (Å²) in [6.45, 7) is 0. The molecule has 1 aromatic carbocycles. The Bertz CT molecular complexity index is 574. The molecular weight excluding hydrogens is 281 g/mol. The van der Waals surface area contributed by atoms with Crippen molar-refractivity contribution in [1.29, 1.82) is 0 Å². The zero-order valence-corrected chi connectivity index (χ0v) is 12.0. The molecule has 1 aliphatic carbocycles. The fourth-order valence-electron chi connectivity index (χ4n) is 2.59. The van der Waals surface area contributed by atoms with Gasteiger partial charge in [-0.05, 0) is 25.0 Å². The number of hydrogen-bond acceptors (Lipinski definition) is 2. The highest BCUT2D eigenvalue weighted by Gasteiger charge is 2.17. The Morgan fingerprint density at radius 2 is 1.84 bits per heavy atom. The molecule has 3 nitrogen and oxygen atoms in total. The average Bonchev–Trinajstić information content (AvgIpc) is 2.93. The Hall–Kier alpha value is -1.06. The van der Waals surface area contributed by atoms with Crippen molar-refractivity contribution in [1.82, 2.24) is 15.0 Å². The van der Waals surface area contributed by atoms with E-state index in [1.165, 1.54) is 32.1 Å². The monoisotopic (exact) mass is 295 g/mol. The van der Waals surface area contributed by atoms with Crippen molar-refractivity contribution in [2.75, 3.05) is 0 Å². The predicted molar refractivity (Wildman–Crippen MR) is 77.6 cm³/mol. The van der Waals surface area contributed by atoms with E-state index in [0.717, 1.165) is 11.3 Å². The fourth-order valence-corrected chi connectivity index (χ4v) is 2.89. The maximum absolute atomic E-state index is 6.03. The van der Waals surface area contributed by atoms with E-state index in [2.05, 4.69) is 10.3 Å². The molecule has 1 fully saturated rings. The molecule has 3 rings (SSSR count). The van der Waals surface area contributed by atoms with Gasteiger partial charge in [0.1, 0.15) is 5.69 Å². The number of aromatic nitrogens is 3. The van der Waals surface area contributed by atoms with Gasteiger partial charge in [0, 0.05) is 5.56 Å². The maximum Gasteiger partial charge on any atom is 0.113 e. The van der Waals surface area contributed by atoms with Gasteiger partial charge in [-0.2, -0.15) is 0 Å². The molecule has 0 amide bonds. The summed E-state index contributed by atoms with van der Waals surface area (Å²) in [4.78, 5) is 0. The molecule has 0 radical (unpaired) electrons. The molecule has 0 saturated heterocycles. The van der Waals surface area contributed by atoms with Crippen LogP contribution in [0.1, 0.15) is 38.1 Å². The van der Waals surface area contributed by atoms with Crippen molar-refractivity contribution in [3.63, 3.8) is 0 Å². The molecule has 0 bridgehead atoms. The van der Waals surface area contributed by atoms with E-state index in [4.69, 9.17) is 23.2 Å². The summed E-state index contributed by atoms with van der Waals surface area (Å²) in [7, 11) is 0. The number of nitrogens with zero attached hydrogens (tertiary/aromatic N) is 3. The SMILES string of the molecule is Clc1ccc(-c2cn(C3CCCCC3)nn2)cc1Cl. The third-order valence-corrected chi connectivity index (χ3v) is 4.41. The summed E-state index contributed by atoms with van der Waals surface area (Å²) in [6.07, 6.45) is 8.31. The second-order valence-electron chi connectivity index (χ2n) is 5.00. The topological polar surface area (TPSA) is 30.7 Å². The van der Waals surface area contributed by atoms with Gasteiger partial charge >= 0.3 is 0 Å². The molecule has 1 aliphatic rings. The first-order valence-electron chi connectivity index (χ1n) is 6.61. The van der Waals surface area contributed by atoms with E-state index in [1.54, 1.807) is 6.07 Å². The molecule has 0 unspecified atom stereocenters. The molecule has 1 heterocycles. The Labute approximate surface area is 122 Å². The van der Waals surface area contributed by atoms with Crippen molar-refractivity contribution in [3.8, 4) is 11.3 Å². The summed E-state index contributed by atoms with van der Waals surface area (Å²) in [5, 5.41) is 9.61. The van der Waals surface area contributed by atoms with Crippen LogP contribution in [0, 0.1) is 0 Å². The van der Waals surface area contributed by atoms with E-state index in [1.807, 2.05) is 23.0 Å². The first-order valence-corrected chi connectivity index (χ1v) is 7.37. The van der Waals surface area contributed by atoms with Crippen LogP contribution in [-0.2, 0) is 0 Å². The Morgan fingerprint density at radius 3 is 2.58 bits per heavy atom. The molecular formula is C14H15Cl2N3. The smallest absolute Gasteiger partial charge is 0.113 e. The summed E-state index contributed by atoms with van der Waals surface area (Å²) < 4.78 is 2.00. The maximum atomic E-state index is 6.03. The molecule has 0 aliphatic heterocycles. The highest BCUT2D eigenvalue weighted by molar-refractivity contribution is 6.42. The third-order valence-electron chi connectivity index (χ3n) is 3.67. The largest absolute Gasteiger partial charge is 0.249 e. The normalized spacial score (nSPS) is 16.7. The molecule has 0 spiro atoms. The van der Waals surface area contributed by atoms with Gasteiger partial charge in [-0.15, -0.1) is 5.10 Å². The molecule has 5 heteroatoms. The van der Waals surface area contributed by atoms with Gasteiger partial charge in [-0.1, -0.05) is 53.7 Å². The van der Waals surface area contributed by atoms with Gasteiger partial charge in [-0.25, -0.2) is 4.68 Å². The lowest BCUT2D eigenvalue weighted by molar-refractivity contribution is 0.324. The lowest BCUT2D eigenvalue weighted by atomic mass is 9.96. The van der Waals surface area contributed by atoms with Crippen molar-refractivity contribution >= 4 is 23.2 Å². The zero-order valence-electron chi connectivity index (χ0n) is 10.5. The van der Waals surface area contributed by atoms with Gasteiger partial charge in [-0.3, -0.25) is 0 Å². The lowest BCUT2D eigenvalue weighted by Gasteiger charge is -2.20. The Morgan fingerprint density at radius 1 is 1.05 bits per heavy atom. The van der Waals surface area contributed by atoms with Crippen molar-refractivity contribution < 1.29 is 0 Å². The minimum atomic E-state index is 0.498. The highest BCUT2D eigenvalue weighted by Crippen LogP contribution is 2.30. The van der Waals surface area contributed by atoms with Crippen LogP contribution >= 0.6 is 23.2 Å². The van der Waals surface area contributed by atoms with Crippen LogP contribution in [0.2, 0.25) is 10.0 Å².